The van der Waals surface area contributed by atoms with Crippen LogP contribution in [0.15, 0.2) is 52.0 Å². The molecule has 0 spiro atoms. The number of primary amides is 1. The maximum Gasteiger partial charge on any atom is 0.332 e. The zero-order chi connectivity index (χ0) is 15.9. The van der Waals surface area contributed by atoms with Crippen molar-refractivity contribution in [3.63, 3.8) is 0 Å². The van der Waals surface area contributed by atoms with Crippen LogP contribution >= 0.6 is 15.9 Å². The molecule has 2 aromatic carbocycles. The first-order valence-corrected chi connectivity index (χ1v) is 7.40. The second-order valence-electron chi connectivity index (χ2n) is 4.69. The monoisotopic (exact) mass is 361 g/mol. The fourth-order valence-electron chi connectivity index (χ4n) is 1.76. The summed E-state index contributed by atoms with van der Waals surface area (Å²) in [7, 11) is 0. The Labute approximate surface area is 137 Å². The molecule has 2 rings (SSSR count). The highest BCUT2D eigenvalue weighted by molar-refractivity contribution is 9.10. The Morgan fingerprint density at radius 1 is 1.32 bits per heavy atom. The highest BCUT2D eigenvalue weighted by Crippen LogP contribution is 2.22. The SMILES string of the molecule is Cc1ccc(COc2ccc(Br)cc2C=NNC(N)=O)cc1. The van der Waals surface area contributed by atoms with E-state index in [0.29, 0.717) is 12.4 Å². The van der Waals surface area contributed by atoms with Gasteiger partial charge in [0, 0.05) is 10.0 Å². The molecule has 6 heteroatoms. The van der Waals surface area contributed by atoms with Gasteiger partial charge in [-0.1, -0.05) is 45.8 Å². The standard InChI is InChI=1S/C16H16BrN3O2/c1-11-2-4-12(5-3-11)10-22-15-7-6-14(17)8-13(15)9-19-20-16(18)21/h2-9H,10H2,1H3,(H3,18,20,21). The number of amides is 2. The average Bonchev–Trinajstić information content (AvgIpc) is 2.48. The van der Waals surface area contributed by atoms with Crippen molar-refractivity contribution < 1.29 is 9.53 Å². The average molecular weight is 362 g/mol. The van der Waals surface area contributed by atoms with Gasteiger partial charge in [-0.2, -0.15) is 5.10 Å². The zero-order valence-corrected chi connectivity index (χ0v) is 13.6. The van der Waals surface area contributed by atoms with Crippen LogP contribution in [0.3, 0.4) is 0 Å². The summed E-state index contributed by atoms with van der Waals surface area (Å²) in [5.41, 5.74) is 10.1. The molecule has 0 radical (unpaired) electrons. The predicted octanol–water partition coefficient (Wildman–Crippen LogP) is 3.34. The number of benzene rings is 2. The van der Waals surface area contributed by atoms with Gasteiger partial charge in [-0.05, 0) is 30.7 Å². The molecular weight excluding hydrogens is 346 g/mol. The molecular formula is C16H16BrN3O2. The van der Waals surface area contributed by atoms with Crippen molar-refractivity contribution in [1.29, 1.82) is 0 Å². The first kappa shape index (κ1) is 16.0. The lowest BCUT2D eigenvalue weighted by Crippen LogP contribution is -2.24. The van der Waals surface area contributed by atoms with Crippen LogP contribution in [0.25, 0.3) is 0 Å². The first-order valence-electron chi connectivity index (χ1n) is 6.61. The summed E-state index contributed by atoms with van der Waals surface area (Å²) in [6, 6.07) is 13.0. The largest absolute Gasteiger partial charge is 0.488 e. The summed E-state index contributed by atoms with van der Waals surface area (Å²) in [6.07, 6.45) is 1.49. The van der Waals surface area contributed by atoms with Crippen molar-refractivity contribution in [2.45, 2.75) is 13.5 Å². The zero-order valence-electron chi connectivity index (χ0n) is 12.0. The number of nitrogens with zero attached hydrogens (tertiary/aromatic N) is 1. The van der Waals surface area contributed by atoms with Gasteiger partial charge in [-0.15, -0.1) is 0 Å². The van der Waals surface area contributed by atoms with E-state index in [2.05, 4.69) is 26.5 Å². The van der Waals surface area contributed by atoms with E-state index < -0.39 is 6.03 Å². The molecule has 0 atom stereocenters. The molecule has 0 fully saturated rings. The molecule has 3 N–H and O–H groups in total. The van der Waals surface area contributed by atoms with Gasteiger partial charge in [-0.25, -0.2) is 10.2 Å². The molecule has 0 aliphatic rings. The number of urea groups is 1. The Morgan fingerprint density at radius 2 is 2.05 bits per heavy atom. The fraction of sp³-hybridized carbons (Fsp3) is 0.125. The highest BCUT2D eigenvalue weighted by Gasteiger charge is 2.04. The van der Waals surface area contributed by atoms with Gasteiger partial charge in [0.2, 0.25) is 0 Å². The smallest absolute Gasteiger partial charge is 0.332 e. The Morgan fingerprint density at radius 3 is 2.73 bits per heavy atom. The van der Waals surface area contributed by atoms with Crippen molar-refractivity contribution in [2.75, 3.05) is 0 Å². The topological polar surface area (TPSA) is 76.7 Å². The Hall–Kier alpha value is -2.34. The minimum atomic E-state index is -0.714. The van der Waals surface area contributed by atoms with E-state index in [1.807, 2.05) is 49.4 Å². The molecule has 0 unspecified atom stereocenters. The van der Waals surface area contributed by atoms with Crippen LogP contribution in [0.5, 0.6) is 5.75 Å². The molecule has 5 nitrogen and oxygen atoms in total. The van der Waals surface area contributed by atoms with E-state index in [1.165, 1.54) is 11.8 Å². The van der Waals surface area contributed by atoms with Crippen LogP contribution in [-0.2, 0) is 6.61 Å². The quantitative estimate of drug-likeness (QED) is 0.632. The number of ether oxygens (including phenoxy) is 1. The third-order valence-corrected chi connectivity index (χ3v) is 3.36. The predicted molar refractivity (Wildman–Crippen MR) is 90.0 cm³/mol. The number of hydrogen-bond acceptors (Lipinski definition) is 3. The maximum atomic E-state index is 10.6. The lowest BCUT2D eigenvalue weighted by atomic mass is 10.1. The third kappa shape index (κ3) is 4.89. The summed E-state index contributed by atoms with van der Waals surface area (Å²) < 4.78 is 6.70. The molecule has 0 bridgehead atoms. The Bertz CT molecular complexity index is 684. The number of aryl methyl sites for hydroxylation is 1. The van der Waals surface area contributed by atoms with Gasteiger partial charge in [0.1, 0.15) is 12.4 Å². The fourth-order valence-corrected chi connectivity index (χ4v) is 2.14. The maximum absolute atomic E-state index is 10.6. The van der Waals surface area contributed by atoms with Crippen molar-refractivity contribution in [1.82, 2.24) is 5.43 Å². The summed E-state index contributed by atoms with van der Waals surface area (Å²) >= 11 is 3.39. The molecule has 0 saturated carbocycles. The number of nitrogens with one attached hydrogen (secondary N) is 1. The van der Waals surface area contributed by atoms with Crippen LogP contribution in [0.2, 0.25) is 0 Å². The highest BCUT2D eigenvalue weighted by atomic mass is 79.9. The van der Waals surface area contributed by atoms with Gasteiger partial charge in [0.25, 0.3) is 0 Å². The second kappa shape index (κ2) is 7.61. The van der Waals surface area contributed by atoms with E-state index in [9.17, 15) is 4.79 Å². The molecule has 0 aliphatic heterocycles. The number of rotatable bonds is 5. The van der Waals surface area contributed by atoms with Gasteiger partial charge >= 0.3 is 6.03 Å². The van der Waals surface area contributed by atoms with Crippen molar-refractivity contribution in [2.24, 2.45) is 10.8 Å². The summed E-state index contributed by atoms with van der Waals surface area (Å²) in [5.74, 6) is 0.666. The first-order chi connectivity index (χ1) is 10.5. The lowest BCUT2D eigenvalue weighted by molar-refractivity contribution is 0.249. The number of halogens is 1. The normalized spacial score (nSPS) is 10.6. The Kier molecular flexibility index (Phi) is 5.55. The van der Waals surface area contributed by atoms with E-state index in [-0.39, 0.29) is 0 Å². The summed E-state index contributed by atoms with van der Waals surface area (Å²) in [4.78, 5) is 10.6. The van der Waals surface area contributed by atoms with Gasteiger partial charge in [0.05, 0.1) is 6.21 Å². The van der Waals surface area contributed by atoms with Crippen LogP contribution in [-0.4, -0.2) is 12.2 Å². The summed E-state index contributed by atoms with van der Waals surface area (Å²) in [5, 5.41) is 3.76. The minimum absolute atomic E-state index is 0.450. The van der Waals surface area contributed by atoms with E-state index in [4.69, 9.17) is 10.5 Å². The summed E-state index contributed by atoms with van der Waals surface area (Å²) in [6.45, 7) is 2.49. The van der Waals surface area contributed by atoms with E-state index in [0.717, 1.165) is 15.6 Å². The molecule has 2 amide bonds. The molecule has 114 valence electrons. The van der Waals surface area contributed by atoms with Crippen molar-refractivity contribution in [3.05, 3.63) is 63.6 Å². The molecule has 0 aromatic heterocycles. The van der Waals surface area contributed by atoms with Crippen LogP contribution in [0.1, 0.15) is 16.7 Å². The van der Waals surface area contributed by atoms with Gasteiger partial charge in [-0.3, -0.25) is 0 Å². The molecule has 0 heterocycles. The van der Waals surface area contributed by atoms with Crippen molar-refractivity contribution in [3.8, 4) is 5.75 Å². The Balaban J connectivity index is 2.10. The molecule has 2 aromatic rings. The van der Waals surface area contributed by atoms with Crippen molar-refractivity contribution >= 4 is 28.2 Å². The molecule has 0 aliphatic carbocycles. The van der Waals surface area contributed by atoms with E-state index >= 15 is 0 Å². The minimum Gasteiger partial charge on any atom is -0.488 e. The number of hydrogen-bond donors (Lipinski definition) is 2. The van der Waals surface area contributed by atoms with Gasteiger partial charge in [0.15, 0.2) is 0 Å². The van der Waals surface area contributed by atoms with Gasteiger partial charge < -0.3 is 10.5 Å². The number of nitrogens with two attached hydrogens (primary N) is 1. The molecule has 22 heavy (non-hydrogen) atoms. The van der Waals surface area contributed by atoms with Crippen LogP contribution < -0.4 is 15.9 Å². The van der Waals surface area contributed by atoms with Crippen LogP contribution in [0, 0.1) is 6.92 Å². The third-order valence-electron chi connectivity index (χ3n) is 2.87. The number of carbonyl (C=O) groups excluding carboxylic acids is 1. The lowest BCUT2D eigenvalue weighted by Gasteiger charge is -2.10. The van der Waals surface area contributed by atoms with E-state index in [1.54, 1.807) is 0 Å². The van der Waals surface area contributed by atoms with Crippen LogP contribution in [0.4, 0.5) is 4.79 Å². The molecule has 0 saturated heterocycles. The second-order valence-corrected chi connectivity index (χ2v) is 5.61. The number of hydrazone groups is 1. The number of carbonyl (C=O) groups is 1.